The van der Waals surface area contributed by atoms with Gasteiger partial charge < -0.3 is 11.1 Å². The third kappa shape index (κ3) is 4.71. The summed E-state index contributed by atoms with van der Waals surface area (Å²) in [6.45, 7) is 7.12. The Labute approximate surface area is 142 Å². The van der Waals surface area contributed by atoms with Crippen molar-refractivity contribution < 1.29 is 4.79 Å². The molecule has 0 atom stereocenters. The molecule has 0 fully saturated rings. The number of nitrogens with two attached hydrogens (primary N) is 1. The largest absolute Gasteiger partial charge is 0.399 e. The number of nitrogens with zero attached hydrogens (tertiary/aromatic N) is 1. The number of carbonyl (C=O) groups is 1. The van der Waals surface area contributed by atoms with Crippen LogP contribution in [0.5, 0.6) is 0 Å². The Hall–Kier alpha value is -2.04. The van der Waals surface area contributed by atoms with E-state index in [1.165, 1.54) is 0 Å². The number of rotatable bonds is 6. The van der Waals surface area contributed by atoms with E-state index in [0.29, 0.717) is 16.3 Å². The molecule has 0 spiro atoms. The molecule has 0 saturated carbocycles. The average molecular weight is 332 g/mol. The van der Waals surface area contributed by atoms with E-state index in [2.05, 4.69) is 30.1 Å². The van der Waals surface area contributed by atoms with E-state index < -0.39 is 0 Å². The topological polar surface area (TPSA) is 58.4 Å². The van der Waals surface area contributed by atoms with E-state index in [0.717, 1.165) is 30.9 Å². The Morgan fingerprint density at radius 1 is 1.17 bits per heavy atom. The first-order valence-corrected chi connectivity index (χ1v) is 8.09. The molecule has 0 saturated heterocycles. The van der Waals surface area contributed by atoms with Gasteiger partial charge in [-0.05, 0) is 49.0 Å². The zero-order valence-corrected chi connectivity index (χ0v) is 14.2. The maximum atomic E-state index is 12.3. The molecule has 0 unspecified atom stereocenters. The third-order valence-electron chi connectivity index (χ3n) is 3.72. The van der Waals surface area contributed by atoms with Crippen molar-refractivity contribution in [2.75, 3.05) is 24.1 Å². The minimum Gasteiger partial charge on any atom is -0.399 e. The molecule has 122 valence electrons. The number of nitrogens with one attached hydrogen (secondary N) is 1. The van der Waals surface area contributed by atoms with Gasteiger partial charge in [0.15, 0.2) is 0 Å². The molecule has 2 aromatic carbocycles. The number of amides is 1. The maximum absolute atomic E-state index is 12.3. The molecule has 2 rings (SSSR count). The molecule has 5 heteroatoms. The van der Waals surface area contributed by atoms with Crippen molar-refractivity contribution >= 4 is 28.9 Å². The second-order valence-electron chi connectivity index (χ2n) is 5.36. The second-order valence-corrected chi connectivity index (χ2v) is 5.76. The highest BCUT2D eigenvalue weighted by atomic mass is 35.5. The molecule has 0 heterocycles. The van der Waals surface area contributed by atoms with Crippen LogP contribution in [0.4, 0.5) is 11.4 Å². The van der Waals surface area contributed by atoms with E-state index in [9.17, 15) is 4.79 Å². The van der Waals surface area contributed by atoms with Gasteiger partial charge in [-0.2, -0.15) is 0 Å². The van der Waals surface area contributed by atoms with Gasteiger partial charge >= 0.3 is 0 Å². The number of halogens is 1. The Morgan fingerprint density at radius 2 is 1.91 bits per heavy atom. The second kappa shape index (κ2) is 7.99. The molecule has 0 radical (unpaired) electrons. The molecule has 23 heavy (non-hydrogen) atoms. The van der Waals surface area contributed by atoms with Crippen LogP contribution >= 0.6 is 11.6 Å². The van der Waals surface area contributed by atoms with Crippen molar-refractivity contribution in [3.05, 3.63) is 58.6 Å². The predicted molar refractivity (Wildman–Crippen MR) is 96.9 cm³/mol. The summed E-state index contributed by atoms with van der Waals surface area (Å²) in [7, 11) is 0. The standard InChI is InChI=1S/C18H22ClN3O/c1-3-22(4-2)12-13-6-5-7-15(10-13)21-18(23)16-9-8-14(20)11-17(16)19/h5-11H,3-4,12,20H2,1-2H3,(H,21,23). The van der Waals surface area contributed by atoms with E-state index in [-0.39, 0.29) is 5.91 Å². The molecule has 0 aliphatic heterocycles. The molecule has 4 nitrogen and oxygen atoms in total. The van der Waals surface area contributed by atoms with Crippen LogP contribution < -0.4 is 11.1 Å². The van der Waals surface area contributed by atoms with Crippen LogP contribution in [0.2, 0.25) is 5.02 Å². The van der Waals surface area contributed by atoms with Crippen molar-refractivity contribution in [1.82, 2.24) is 4.90 Å². The van der Waals surface area contributed by atoms with Crippen LogP contribution in [0.25, 0.3) is 0 Å². The highest BCUT2D eigenvalue weighted by molar-refractivity contribution is 6.34. The van der Waals surface area contributed by atoms with Crippen molar-refractivity contribution in [3.63, 3.8) is 0 Å². The van der Waals surface area contributed by atoms with E-state index in [1.54, 1.807) is 18.2 Å². The predicted octanol–water partition coefficient (Wildman–Crippen LogP) is 4.02. The quantitative estimate of drug-likeness (QED) is 0.786. The van der Waals surface area contributed by atoms with Crippen LogP contribution in [0.3, 0.4) is 0 Å². The molecule has 0 bridgehead atoms. The highest BCUT2D eigenvalue weighted by Gasteiger charge is 2.11. The molecule has 0 aromatic heterocycles. The van der Waals surface area contributed by atoms with Gasteiger partial charge in [-0.25, -0.2) is 0 Å². The molecule has 0 aliphatic carbocycles. The number of hydrogen-bond donors (Lipinski definition) is 2. The normalized spacial score (nSPS) is 10.8. The van der Waals surface area contributed by atoms with Crippen molar-refractivity contribution in [2.24, 2.45) is 0 Å². The summed E-state index contributed by atoms with van der Waals surface area (Å²) >= 11 is 6.08. The number of hydrogen-bond acceptors (Lipinski definition) is 3. The first kappa shape index (κ1) is 17.3. The summed E-state index contributed by atoms with van der Waals surface area (Å²) in [6.07, 6.45) is 0. The number of anilines is 2. The first-order chi connectivity index (χ1) is 11.0. The fraction of sp³-hybridized carbons (Fsp3) is 0.278. The fourth-order valence-electron chi connectivity index (χ4n) is 2.37. The summed E-state index contributed by atoms with van der Waals surface area (Å²) < 4.78 is 0. The van der Waals surface area contributed by atoms with Crippen LogP contribution in [0, 0.1) is 0 Å². The van der Waals surface area contributed by atoms with Crippen LogP contribution in [0.1, 0.15) is 29.8 Å². The van der Waals surface area contributed by atoms with Gasteiger partial charge in [-0.3, -0.25) is 9.69 Å². The van der Waals surface area contributed by atoms with E-state index in [4.69, 9.17) is 17.3 Å². The van der Waals surface area contributed by atoms with E-state index >= 15 is 0 Å². The van der Waals surface area contributed by atoms with Gasteiger partial charge in [0.1, 0.15) is 0 Å². The Kier molecular flexibility index (Phi) is 6.02. The number of carbonyl (C=O) groups excluding carboxylic acids is 1. The third-order valence-corrected chi connectivity index (χ3v) is 4.04. The van der Waals surface area contributed by atoms with Crippen LogP contribution in [-0.2, 0) is 6.54 Å². The minimum absolute atomic E-state index is 0.241. The molecule has 2 aromatic rings. The van der Waals surface area contributed by atoms with Gasteiger partial charge in [-0.15, -0.1) is 0 Å². The molecule has 0 aliphatic rings. The number of nitrogen functional groups attached to an aromatic ring is 1. The SMILES string of the molecule is CCN(CC)Cc1cccc(NC(=O)c2ccc(N)cc2Cl)c1. The van der Waals surface area contributed by atoms with Gasteiger partial charge in [0.2, 0.25) is 0 Å². The minimum atomic E-state index is -0.241. The lowest BCUT2D eigenvalue weighted by atomic mass is 10.1. The average Bonchev–Trinajstić information content (AvgIpc) is 2.52. The number of benzene rings is 2. The Bertz CT molecular complexity index is 684. The molecule has 1 amide bonds. The zero-order chi connectivity index (χ0) is 16.8. The zero-order valence-electron chi connectivity index (χ0n) is 13.5. The molecular weight excluding hydrogens is 310 g/mol. The highest BCUT2D eigenvalue weighted by Crippen LogP contribution is 2.21. The first-order valence-electron chi connectivity index (χ1n) is 7.71. The lowest BCUT2D eigenvalue weighted by Gasteiger charge is -2.18. The van der Waals surface area contributed by atoms with Gasteiger partial charge in [0, 0.05) is 17.9 Å². The summed E-state index contributed by atoms with van der Waals surface area (Å²) in [5.74, 6) is -0.241. The summed E-state index contributed by atoms with van der Waals surface area (Å²) in [6, 6.07) is 12.7. The fourth-order valence-corrected chi connectivity index (χ4v) is 2.64. The smallest absolute Gasteiger partial charge is 0.257 e. The Morgan fingerprint density at radius 3 is 2.57 bits per heavy atom. The molecular formula is C18H22ClN3O. The van der Waals surface area contributed by atoms with Crippen molar-refractivity contribution in [1.29, 1.82) is 0 Å². The lowest BCUT2D eigenvalue weighted by molar-refractivity contribution is 0.102. The van der Waals surface area contributed by atoms with Crippen LogP contribution in [-0.4, -0.2) is 23.9 Å². The molecule has 3 N–H and O–H groups in total. The Balaban J connectivity index is 2.12. The summed E-state index contributed by atoms with van der Waals surface area (Å²) in [4.78, 5) is 14.7. The van der Waals surface area contributed by atoms with E-state index in [1.807, 2.05) is 18.2 Å². The summed E-state index contributed by atoms with van der Waals surface area (Å²) in [5.41, 5.74) is 8.52. The van der Waals surface area contributed by atoms with Gasteiger partial charge in [0.05, 0.1) is 10.6 Å². The lowest BCUT2D eigenvalue weighted by Crippen LogP contribution is -2.22. The van der Waals surface area contributed by atoms with Gasteiger partial charge in [0.25, 0.3) is 5.91 Å². The monoisotopic (exact) mass is 331 g/mol. The van der Waals surface area contributed by atoms with Gasteiger partial charge in [-0.1, -0.05) is 37.6 Å². The van der Waals surface area contributed by atoms with Crippen molar-refractivity contribution in [3.8, 4) is 0 Å². The maximum Gasteiger partial charge on any atom is 0.257 e. The van der Waals surface area contributed by atoms with Crippen molar-refractivity contribution in [2.45, 2.75) is 20.4 Å². The van der Waals surface area contributed by atoms with Crippen LogP contribution in [0.15, 0.2) is 42.5 Å². The summed E-state index contributed by atoms with van der Waals surface area (Å²) in [5, 5.41) is 3.23.